The van der Waals surface area contributed by atoms with Crippen molar-refractivity contribution in [3.05, 3.63) is 49.4 Å². The third-order valence-corrected chi connectivity index (χ3v) is 4.21. The number of hydrogen-bond acceptors (Lipinski definition) is 3. The zero-order valence-corrected chi connectivity index (χ0v) is 14.7. The summed E-state index contributed by atoms with van der Waals surface area (Å²) in [6.07, 6.45) is 0. The number of hydrogen-bond donors (Lipinski definition) is 2. The van der Waals surface area contributed by atoms with Gasteiger partial charge < -0.3 is 10.1 Å². The minimum atomic E-state index is -0.640. The van der Waals surface area contributed by atoms with Crippen molar-refractivity contribution in [3.8, 4) is 5.75 Å². The van der Waals surface area contributed by atoms with Crippen LogP contribution in [0.1, 0.15) is 76.0 Å². The van der Waals surface area contributed by atoms with E-state index in [-0.39, 0.29) is 23.2 Å². The van der Waals surface area contributed by atoms with Crippen LogP contribution < -0.4 is 11.0 Å². The average molecular weight is 315 g/mol. The molecular weight excluding hydrogens is 290 g/mol. The van der Waals surface area contributed by atoms with Gasteiger partial charge >= 0.3 is 0 Å². The first-order chi connectivity index (χ1) is 10.6. The van der Waals surface area contributed by atoms with Crippen molar-refractivity contribution in [2.24, 2.45) is 0 Å². The maximum Gasteiger partial charge on any atom is 0.290 e. The van der Waals surface area contributed by atoms with Gasteiger partial charge in [0, 0.05) is 11.5 Å². The molecule has 2 rings (SSSR count). The van der Waals surface area contributed by atoms with Gasteiger partial charge in [0.2, 0.25) is 0 Å². The van der Waals surface area contributed by atoms with Crippen LogP contribution in [-0.2, 0) is 0 Å². The maximum absolute atomic E-state index is 12.6. The number of aromatic hydroxyl groups is 1. The molecule has 0 saturated heterocycles. The Hall–Kier alpha value is -2.10. The second kappa shape index (κ2) is 6.19. The van der Waals surface area contributed by atoms with Crippen LogP contribution in [0.25, 0.3) is 10.9 Å². The van der Waals surface area contributed by atoms with E-state index >= 15 is 0 Å². The second-order valence-corrected chi connectivity index (χ2v) is 7.03. The smallest absolute Gasteiger partial charge is 0.290 e. The Morgan fingerprint density at radius 1 is 0.870 bits per heavy atom. The van der Waals surface area contributed by atoms with Gasteiger partial charge in [-0.3, -0.25) is 9.59 Å². The van der Waals surface area contributed by atoms with Crippen molar-refractivity contribution in [2.75, 3.05) is 0 Å². The third kappa shape index (κ3) is 3.03. The summed E-state index contributed by atoms with van der Waals surface area (Å²) in [6.45, 7) is 12.5. The molecule has 2 aromatic rings. The molecular formula is C19H25NO3. The highest BCUT2D eigenvalue weighted by Crippen LogP contribution is 2.36. The Morgan fingerprint density at radius 3 is 1.91 bits per heavy atom. The van der Waals surface area contributed by atoms with Crippen LogP contribution in [0.2, 0.25) is 0 Å². The van der Waals surface area contributed by atoms with Gasteiger partial charge in [0.25, 0.3) is 5.56 Å². The lowest BCUT2D eigenvalue weighted by atomic mass is 9.81. The topological polar surface area (TPSA) is 70.2 Å². The van der Waals surface area contributed by atoms with Gasteiger partial charge in [-0.05, 0) is 40.5 Å². The largest absolute Gasteiger partial charge is 0.503 e. The van der Waals surface area contributed by atoms with E-state index in [1.54, 1.807) is 0 Å². The number of nitrogens with one attached hydrogen (secondary N) is 1. The van der Waals surface area contributed by atoms with E-state index in [9.17, 15) is 14.7 Å². The maximum atomic E-state index is 12.6. The van der Waals surface area contributed by atoms with E-state index in [0.29, 0.717) is 10.9 Å². The van der Waals surface area contributed by atoms with E-state index in [0.717, 1.165) is 17.2 Å². The second-order valence-electron chi connectivity index (χ2n) is 7.03. The highest BCUT2D eigenvalue weighted by Gasteiger charge is 2.21. The lowest BCUT2D eigenvalue weighted by Crippen LogP contribution is -2.11. The molecule has 124 valence electrons. The SMILES string of the molecule is CC(C)c1cc2[nH]c(=O)c(O)cc(=O)c2c(C(C)C)c1C(C)C. The fourth-order valence-corrected chi connectivity index (χ4v) is 3.27. The van der Waals surface area contributed by atoms with E-state index in [1.807, 2.05) is 6.07 Å². The lowest BCUT2D eigenvalue weighted by molar-refractivity contribution is 0.468. The van der Waals surface area contributed by atoms with E-state index in [2.05, 4.69) is 46.5 Å². The zero-order valence-electron chi connectivity index (χ0n) is 14.7. The van der Waals surface area contributed by atoms with Crippen molar-refractivity contribution in [1.29, 1.82) is 0 Å². The molecule has 0 atom stereocenters. The van der Waals surface area contributed by atoms with Crippen LogP contribution in [0.4, 0.5) is 0 Å². The third-order valence-electron chi connectivity index (χ3n) is 4.21. The summed E-state index contributed by atoms with van der Waals surface area (Å²) in [5.74, 6) is 0.124. The van der Waals surface area contributed by atoms with Gasteiger partial charge in [0.15, 0.2) is 11.2 Å². The quantitative estimate of drug-likeness (QED) is 0.900. The Bertz CT molecular complexity index is 861. The van der Waals surface area contributed by atoms with Crippen LogP contribution in [0.3, 0.4) is 0 Å². The molecule has 0 aliphatic rings. The molecule has 23 heavy (non-hydrogen) atoms. The molecule has 0 radical (unpaired) electrons. The van der Waals surface area contributed by atoms with Crippen LogP contribution in [0, 0.1) is 0 Å². The normalized spacial score (nSPS) is 11.9. The first-order valence-electron chi connectivity index (χ1n) is 8.12. The minimum Gasteiger partial charge on any atom is -0.503 e. The van der Waals surface area contributed by atoms with E-state index < -0.39 is 11.3 Å². The summed E-state index contributed by atoms with van der Waals surface area (Å²) >= 11 is 0. The van der Waals surface area contributed by atoms with Crippen LogP contribution in [0.15, 0.2) is 21.7 Å². The fourth-order valence-electron chi connectivity index (χ4n) is 3.27. The number of H-pyrrole nitrogens is 1. The Labute approximate surface area is 136 Å². The summed E-state index contributed by atoms with van der Waals surface area (Å²) in [7, 11) is 0. The van der Waals surface area contributed by atoms with Gasteiger partial charge in [0.05, 0.1) is 5.52 Å². The Kier molecular flexibility index (Phi) is 4.64. The number of fused-ring (bicyclic) bond motifs is 1. The van der Waals surface area contributed by atoms with Crippen molar-refractivity contribution >= 4 is 10.9 Å². The predicted octanol–water partition coefficient (Wildman–Crippen LogP) is 3.96. The summed E-state index contributed by atoms with van der Waals surface area (Å²) in [5, 5.41) is 10.2. The molecule has 0 spiro atoms. The summed E-state index contributed by atoms with van der Waals surface area (Å²) in [5.41, 5.74) is 2.81. The molecule has 0 unspecified atom stereocenters. The van der Waals surface area contributed by atoms with Crippen molar-refractivity contribution in [1.82, 2.24) is 4.98 Å². The molecule has 0 bridgehead atoms. The van der Waals surface area contributed by atoms with E-state index in [4.69, 9.17) is 0 Å². The van der Waals surface area contributed by atoms with Crippen LogP contribution >= 0.6 is 0 Å². The molecule has 4 heteroatoms. The predicted molar refractivity (Wildman–Crippen MR) is 94.8 cm³/mol. The molecule has 1 aromatic carbocycles. The average Bonchev–Trinajstić information content (AvgIpc) is 2.54. The van der Waals surface area contributed by atoms with Crippen LogP contribution in [0.5, 0.6) is 5.75 Å². The first-order valence-corrected chi connectivity index (χ1v) is 8.12. The Balaban J connectivity index is 3.21. The molecule has 0 amide bonds. The molecule has 1 aromatic heterocycles. The van der Waals surface area contributed by atoms with Gasteiger partial charge in [-0.1, -0.05) is 41.5 Å². The molecule has 0 aliphatic carbocycles. The molecule has 1 heterocycles. The fraction of sp³-hybridized carbons (Fsp3) is 0.474. The first kappa shape index (κ1) is 17.3. The number of aromatic nitrogens is 1. The number of aromatic amines is 1. The van der Waals surface area contributed by atoms with Gasteiger partial charge in [0.1, 0.15) is 0 Å². The molecule has 0 fully saturated rings. The molecule has 4 nitrogen and oxygen atoms in total. The van der Waals surface area contributed by atoms with Crippen molar-refractivity contribution in [2.45, 2.75) is 59.3 Å². The van der Waals surface area contributed by atoms with Gasteiger partial charge in [-0.15, -0.1) is 0 Å². The molecule has 0 aliphatic heterocycles. The van der Waals surface area contributed by atoms with Gasteiger partial charge in [-0.25, -0.2) is 0 Å². The number of benzene rings is 1. The van der Waals surface area contributed by atoms with Crippen LogP contribution in [-0.4, -0.2) is 10.1 Å². The monoisotopic (exact) mass is 315 g/mol. The molecule has 0 saturated carbocycles. The minimum absolute atomic E-state index is 0.134. The molecule has 2 N–H and O–H groups in total. The van der Waals surface area contributed by atoms with Crippen molar-refractivity contribution in [3.63, 3.8) is 0 Å². The number of rotatable bonds is 3. The highest BCUT2D eigenvalue weighted by molar-refractivity contribution is 5.85. The standard InChI is InChI=1S/C19H25NO3/c1-9(2)12-7-13-18(14(21)8-15(22)19(23)20-13)17(11(5)6)16(12)10(3)4/h7-11,22H,1-6H3,(H,20,23). The Morgan fingerprint density at radius 2 is 1.43 bits per heavy atom. The van der Waals surface area contributed by atoms with E-state index in [1.165, 1.54) is 5.56 Å². The van der Waals surface area contributed by atoms with Crippen molar-refractivity contribution < 1.29 is 5.11 Å². The summed E-state index contributed by atoms with van der Waals surface area (Å²) in [6, 6.07) is 2.91. The summed E-state index contributed by atoms with van der Waals surface area (Å²) in [4.78, 5) is 27.2. The van der Waals surface area contributed by atoms with Gasteiger partial charge in [-0.2, -0.15) is 0 Å². The lowest BCUT2D eigenvalue weighted by Gasteiger charge is -2.23. The highest BCUT2D eigenvalue weighted by atomic mass is 16.3. The summed E-state index contributed by atoms with van der Waals surface area (Å²) < 4.78 is 0. The zero-order chi connectivity index (χ0) is 17.5.